The summed E-state index contributed by atoms with van der Waals surface area (Å²) in [6.45, 7) is 1.96. The molecular formula is C5H12O2S. The van der Waals surface area contributed by atoms with Gasteiger partial charge in [-0.3, -0.25) is 0 Å². The van der Waals surface area contributed by atoms with E-state index in [0.29, 0.717) is 6.42 Å². The first-order valence-electron chi connectivity index (χ1n) is 2.62. The molecule has 0 amide bonds. The Balaban J connectivity index is 3.37. The van der Waals surface area contributed by atoms with Crippen LogP contribution in [-0.4, -0.2) is 17.3 Å². The maximum absolute atomic E-state index is 8.97. The Morgan fingerprint density at radius 3 is 2.38 bits per heavy atom. The summed E-state index contributed by atoms with van der Waals surface area (Å²) in [6, 6.07) is 0. The number of methoxy groups -OCH3 is 1. The zero-order valence-electron chi connectivity index (χ0n) is 5.22. The molecule has 0 saturated heterocycles. The van der Waals surface area contributed by atoms with Gasteiger partial charge < -0.3 is 9.84 Å². The summed E-state index contributed by atoms with van der Waals surface area (Å²) in [5.74, 6) is 0. The van der Waals surface area contributed by atoms with Crippen molar-refractivity contribution in [3.63, 3.8) is 0 Å². The molecule has 3 heteroatoms. The molecule has 0 aliphatic carbocycles. The van der Waals surface area contributed by atoms with Crippen molar-refractivity contribution in [2.75, 3.05) is 7.11 Å². The van der Waals surface area contributed by atoms with Crippen molar-refractivity contribution in [3.05, 3.63) is 0 Å². The van der Waals surface area contributed by atoms with Gasteiger partial charge in [-0.05, 0) is 0 Å². The highest BCUT2D eigenvalue weighted by molar-refractivity contribution is 7.81. The number of hydrogen-bond acceptors (Lipinski definition) is 3. The molecule has 0 aliphatic heterocycles. The molecule has 0 aromatic rings. The van der Waals surface area contributed by atoms with Crippen LogP contribution in [0.25, 0.3) is 0 Å². The van der Waals surface area contributed by atoms with Crippen LogP contribution in [0.5, 0.6) is 0 Å². The van der Waals surface area contributed by atoms with Crippen molar-refractivity contribution >= 4 is 12.6 Å². The maximum atomic E-state index is 8.97. The molecule has 0 aromatic heterocycles. The van der Waals surface area contributed by atoms with E-state index in [1.54, 1.807) is 0 Å². The number of hydrogen-bond donors (Lipinski definition) is 2. The first-order valence-corrected chi connectivity index (χ1v) is 3.07. The first kappa shape index (κ1) is 8.27. The molecule has 50 valence electrons. The third-order valence-electron chi connectivity index (χ3n) is 0.903. The zero-order valence-corrected chi connectivity index (χ0v) is 6.11. The van der Waals surface area contributed by atoms with Gasteiger partial charge in [0.25, 0.3) is 0 Å². The van der Waals surface area contributed by atoms with Crippen LogP contribution in [0.2, 0.25) is 0 Å². The fourth-order valence-corrected chi connectivity index (χ4v) is 0.651. The summed E-state index contributed by atoms with van der Waals surface area (Å²) in [5, 5.41) is 7.75. The van der Waals surface area contributed by atoms with Crippen molar-refractivity contribution in [1.29, 1.82) is 0 Å². The second kappa shape index (κ2) is 3.33. The van der Waals surface area contributed by atoms with E-state index in [0.717, 1.165) is 6.42 Å². The Kier molecular flexibility index (Phi) is 3.44. The monoisotopic (exact) mass is 136 g/mol. The van der Waals surface area contributed by atoms with E-state index >= 15 is 0 Å². The average Bonchev–Trinajstić information content (AvgIpc) is 1.67. The van der Waals surface area contributed by atoms with Crippen molar-refractivity contribution in [1.82, 2.24) is 0 Å². The molecule has 2 nitrogen and oxygen atoms in total. The predicted octanol–water partition coefficient (Wildman–Crippen LogP) is 1.01. The summed E-state index contributed by atoms with van der Waals surface area (Å²) in [7, 11) is 1.43. The van der Waals surface area contributed by atoms with E-state index in [1.165, 1.54) is 7.11 Å². The molecule has 0 rings (SSSR count). The van der Waals surface area contributed by atoms with Crippen LogP contribution < -0.4 is 0 Å². The number of thiol groups is 1. The predicted molar refractivity (Wildman–Crippen MR) is 35.9 cm³/mol. The maximum Gasteiger partial charge on any atom is 0.212 e. The summed E-state index contributed by atoms with van der Waals surface area (Å²) in [4.78, 5) is 0. The Morgan fingerprint density at radius 1 is 1.75 bits per heavy atom. The van der Waals surface area contributed by atoms with Crippen LogP contribution in [0, 0.1) is 0 Å². The van der Waals surface area contributed by atoms with Crippen molar-refractivity contribution in [2.24, 2.45) is 0 Å². The third kappa shape index (κ3) is 3.29. The zero-order chi connectivity index (χ0) is 6.62. The van der Waals surface area contributed by atoms with Crippen LogP contribution in [0.1, 0.15) is 19.8 Å². The van der Waals surface area contributed by atoms with Gasteiger partial charge in [-0.1, -0.05) is 13.3 Å². The van der Waals surface area contributed by atoms with Gasteiger partial charge in [-0.25, -0.2) is 0 Å². The molecule has 0 aromatic carbocycles. The lowest BCUT2D eigenvalue weighted by Crippen LogP contribution is -2.22. The second-order valence-electron chi connectivity index (χ2n) is 1.70. The standard InChI is InChI=1S/C5H12O2S/c1-3-4-5(6,8)7-2/h6,8H,3-4H2,1-2H3/t5-/m0/s1. The Labute approximate surface area is 55.3 Å². The smallest absolute Gasteiger partial charge is 0.212 e. The Bertz CT molecular complexity index is 63.4. The fraction of sp³-hybridized carbons (Fsp3) is 1.00. The van der Waals surface area contributed by atoms with E-state index in [9.17, 15) is 0 Å². The van der Waals surface area contributed by atoms with Gasteiger partial charge in [0.2, 0.25) is 5.12 Å². The van der Waals surface area contributed by atoms with Gasteiger partial charge in [0.1, 0.15) is 0 Å². The van der Waals surface area contributed by atoms with E-state index in [-0.39, 0.29) is 0 Å². The molecule has 0 bridgehead atoms. The minimum atomic E-state index is -1.21. The summed E-state index contributed by atoms with van der Waals surface area (Å²) < 4.78 is 4.60. The molecule has 0 unspecified atom stereocenters. The van der Waals surface area contributed by atoms with Crippen molar-refractivity contribution in [2.45, 2.75) is 24.9 Å². The number of aliphatic hydroxyl groups is 1. The highest BCUT2D eigenvalue weighted by atomic mass is 32.1. The fourth-order valence-electron chi connectivity index (χ4n) is 0.428. The second-order valence-corrected chi connectivity index (χ2v) is 2.40. The quantitative estimate of drug-likeness (QED) is 0.448. The largest absolute Gasteiger partial charge is 0.357 e. The molecule has 0 heterocycles. The SMILES string of the molecule is CCC[C@@](O)(S)OC. The minimum Gasteiger partial charge on any atom is -0.357 e. The van der Waals surface area contributed by atoms with Gasteiger partial charge in [-0.15, -0.1) is 12.6 Å². The van der Waals surface area contributed by atoms with Gasteiger partial charge >= 0.3 is 0 Å². The molecule has 0 saturated carbocycles. The summed E-state index contributed by atoms with van der Waals surface area (Å²) in [5.41, 5.74) is 0. The summed E-state index contributed by atoms with van der Waals surface area (Å²) >= 11 is 3.80. The lowest BCUT2D eigenvalue weighted by atomic mass is 10.3. The van der Waals surface area contributed by atoms with Crippen LogP contribution in [0.3, 0.4) is 0 Å². The molecule has 1 N–H and O–H groups in total. The van der Waals surface area contributed by atoms with Gasteiger partial charge in [0, 0.05) is 13.5 Å². The topological polar surface area (TPSA) is 29.5 Å². The van der Waals surface area contributed by atoms with Crippen LogP contribution in [0.4, 0.5) is 0 Å². The van der Waals surface area contributed by atoms with E-state index in [1.807, 2.05) is 6.92 Å². The first-order chi connectivity index (χ1) is 3.62. The van der Waals surface area contributed by atoms with Gasteiger partial charge in [0.05, 0.1) is 0 Å². The normalized spacial score (nSPS) is 18.0. The van der Waals surface area contributed by atoms with Crippen molar-refractivity contribution < 1.29 is 9.84 Å². The highest BCUT2D eigenvalue weighted by Gasteiger charge is 2.17. The lowest BCUT2D eigenvalue weighted by Gasteiger charge is -2.18. The molecular weight excluding hydrogens is 124 g/mol. The van der Waals surface area contributed by atoms with Crippen LogP contribution in [-0.2, 0) is 4.74 Å². The molecule has 0 spiro atoms. The molecule has 0 radical (unpaired) electrons. The third-order valence-corrected chi connectivity index (χ3v) is 1.31. The Hall–Kier alpha value is 0.270. The molecule has 8 heavy (non-hydrogen) atoms. The summed E-state index contributed by atoms with van der Waals surface area (Å²) in [6.07, 6.45) is 1.43. The molecule has 1 atom stereocenters. The Morgan fingerprint density at radius 2 is 2.25 bits per heavy atom. The van der Waals surface area contributed by atoms with Crippen molar-refractivity contribution in [3.8, 4) is 0 Å². The lowest BCUT2D eigenvalue weighted by molar-refractivity contribution is -0.110. The number of ether oxygens (including phenoxy) is 1. The van der Waals surface area contributed by atoms with Gasteiger partial charge in [-0.2, -0.15) is 0 Å². The highest BCUT2D eigenvalue weighted by Crippen LogP contribution is 2.16. The minimum absolute atomic E-state index is 0.562. The van der Waals surface area contributed by atoms with E-state index in [4.69, 9.17) is 5.11 Å². The van der Waals surface area contributed by atoms with E-state index < -0.39 is 5.12 Å². The van der Waals surface area contributed by atoms with Crippen LogP contribution >= 0.6 is 12.6 Å². The van der Waals surface area contributed by atoms with E-state index in [2.05, 4.69) is 17.4 Å². The number of rotatable bonds is 3. The van der Waals surface area contributed by atoms with Crippen LogP contribution in [0.15, 0.2) is 0 Å². The average molecular weight is 136 g/mol. The van der Waals surface area contributed by atoms with Gasteiger partial charge in [0.15, 0.2) is 0 Å². The molecule has 0 aliphatic rings. The molecule has 0 fully saturated rings.